The number of anilines is 2. The Hall–Kier alpha value is -2.15. The normalized spacial score (nSPS) is 10.3. The third-order valence-corrected chi connectivity index (χ3v) is 2.89. The Morgan fingerprint density at radius 3 is 2.39 bits per heavy atom. The maximum atomic E-state index is 11.1. The first kappa shape index (κ1) is 12.3. The number of pyridine rings is 1. The van der Waals surface area contributed by atoms with Crippen molar-refractivity contribution < 1.29 is 4.79 Å². The largest absolute Gasteiger partial charge is 0.383 e. The number of rotatable bonds is 3. The lowest BCUT2D eigenvalue weighted by atomic mass is 10.3. The molecule has 0 spiro atoms. The molecule has 0 radical (unpaired) electrons. The fraction of sp³-hybridized carbons (Fsp3) is 0.0909. The summed E-state index contributed by atoms with van der Waals surface area (Å²) in [7, 11) is 0. The lowest BCUT2D eigenvalue weighted by molar-refractivity contribution is 0.101. The number of aromatic nitrogens is 3. The molecule has 2 rings (SSSR count). The maximum absolute atomic E-state index is 11.1. The van der Waals surface area contributed by atoms with E-state index in [0.717, 1.165) is 4.90 Å². The van der Waals surface area contributed by atoms with E-state index in [-0.39, 0.29) is 5.78 Å². The van der Waals surface area contributed by atoms with Crippen LogP contribution >= 0.6 is 11.8 Å². The molecule has 0 saturated carbocycles. The molecule has 7 heteroatoms. The molecule has 2 aromatic rings. The third kappa shape index (κ3) is 2.95. The second-order valence-electron chi connectivity index (χ2n) is 3.54. The number of hydrogen-bond donors (Lipinski definition) is 2. The fourth-order valence-corrected chi connectivity index (χ4v) is 2.02. The van der Waals surface area contributed by atoms with Crippen LogP contribution in [0.2, 0.25) is 0 Å². The van der Waals surface area contributed by atoms with Gasteiger partial charge in [-0.1, -0.05) is 0 Å². The summed E-state index contributed by atoms with van der Waals surface area (Å²) in [6.45, 7) is 1.47. The van der Waals surface area contributed by atoms with Crippen LogP contribution in [0.5, 0.6) is 0 Å². The minimum atomic E-state index is -0.0731. The van der Waals surface area contributed by atoms with Crippen LogP contribution < -0.4 is 11.5 Å². The minimum Gasteiger partial charge on any atom is -0.383 e. The lowest BCUT2D eigenvalue weighted by Crippen LogP contribution is -1.99. The van der Waals surface area contributed by atoms with E-state index in [4.69, 9.17) is 11.5 Å². The number of ketones is 1. The molecule has 0 amide bonds. The van der Waals surface area contributed by atoms with Crippen molar-refractivity contribution in [3.05, 3.63) is 30.1 Å². The number of nitrogen functional groups attached to an aromatic ring is 2. The van der Waals surface area contributed by atoms with Crippen LogP contribution in [0.25, 0.3) is 0 Å². The average Bonchev–Trinajstić information content (AvgIpc) is 2.28. The molecule has 0 atom stereocenters. The molecule has 0 bridgehead atoms. The molecule has 0 saturated heterocycles. The zero-order valence-electron chi connectivity index (χ0n) is 9.62. The Kier molecular flexibility index (Phi) is 3.42. The van der Waals surface area contributed by atoms with Crippen LogP contribution in [-0.4, -0.2) is 20.7 Å². The Bertz CT molecular complexity index is 564. The van der Waals surface area contributed by atoms with Crippen LogP contribution in [0, 0.1) is 0 Å². The van der Waals surface area contributed by atoms with E-state index in [1.54, 1.807) is 18.3 Å². The molecule has 4 N–H and O–H groups in total. The van der Waals surface area contributed by atoms with Gasteiger partial charge in [0, 0.05) is 24.1 Å². The van der Waals surface area contributed by atoms with Crippen LogP contribution in [0.4, 0.5) is 11.6 Å². The Balaban J connectivity index is 2.20. The summed E-state index contributed by atoms with van der Waals surface area (Å²) in [5.41, 5.74) is 11.6. The van der Waals surface area contributed by atoms with Gasteiger partial charge in [-0.2, -0.15) is 0 Å². The smallest absolute Gasteiger partial charge is 0.196 e. The Morgan fingerprint density at radius 2 is 1.89 bits per heavy atom. The van der Waals surface area contributed by atoms with Gasteiger partial charge in [0.2, 0.25) is 0 Å². The summed E-state index contributed by atoms with van der Waals surface area (Å²) in [6.07, 6.45) is 1.59. The van der Waals surface area contributed by atoms with Crippen molar-refractivity contribution in [1.82, 2.24) is 15.0 Å². The van der Waals surface area contributed by atoms with Gasteiger partial charge < -0.3 is 11.5 Å². The second-order valence-corrected chi connectivity index (χ2v) is 4.58. The van der Waals surface area contributed by atoms with E-state index in [0.29, 0.717) is 22.5 Å². The zero-order valence-corrected chi connectivity index (χ0v) is 10.4. The molecule has 2 aromatic heterocycles. The summed E-state index contributed by atoms with van der Waals surface area (Å²) in [5.74, 6) is 0.563. The number of carbonyl (C=O) groups excluding carboxylic acids is 1. The minimum absolute atomic E-state index is 0.0731. The van der Waals surface area contributed by atoms with E-state index < -0.39 is 0 Å². The van der Waals surface area contributed by atoms with Crippen molar-refractivity contribution in [2.24, 2.45) is 0 Å². The molecule has 0 aromatic carbocycles. The molecule has 2 heterocycles. The highest BCUT2D eigenvalue weighted by Gasteiger charge is 2.05. The average molecular weight is 261 g/mol. The van der Waals surface area contributed by atoms with Gasteiger partial charge in [0.1, 0.15) is 17.3 Å². The molecule has 0 aliphatic carbocycles. The second kappa shape index (κ2) is 5.01. The standard InChI is InChI=1S/C11H11N5OS/c1-6(17)8-3-2-7(5-14-8)18-11-15-9(12)4-10(13)16-11/h2-5H,1H3,(H4,12,13,15,16). The summed E-state index contributed by atoms with van der Waals surface area (Å²) < 4.78 is 0. The molecular formula is C11H11N5OS. The van der Waals surface area contributed by atoms with Gasteiger partial charge in [-0.15, -0.1) is 0 Å². The van der Waals surface area contributed by atoms with E-state index in [1.165, 1.54) is 24.8 Å². The topological polar surface area (TPSA) is 108 Å². The van der Waals surface area contributed by atoms with Crippen LogP contribution in [0.3, 0.4) is 0 Å². The van der Waals surface area contributed by atoms with E-state index in [9.17, 15) is 4.79 Å². The molecule has 18 heavy (non-hydrogen) atoms. The molecule has 0 fully saturated rings. The third-order valence-electron chi connectivity index (χ3n) is 2.05. The predicted octanol–water partition coefficient (Wildman–Crippen LogP) is 1.39. The van der Waals surface area contributed by atoms with Gasteiger partial charge in [0.25, 0.3) is 0 Å². The zero-order chi connectivity index (χ0) is 13.1. The number of Topliss-reactive ketones (excluding diaryl/α,β-unsaturated/α-hetero) is 1. The molecule has 0 aliphatic heterocycles. The van der Waals surface area contributed by atoms with E-state index >= 15 is 0 Å². The van der Waals surface area contributed by atoms with E-state index in [2.05, 4.69) is 15.0 Å². The van der Waals surface area contributed by atoms with Gasteiger partial charge in [0.15, 0.2) is 10.9 Å². The number of nitrogens with zero attached hydrogens (tertiary/aromatic N) is 3. The Labute approximate surface area is 108 Å². The van der Waals surface area contributed by atoms with Gasteiger partial charge >= 0.3 is 0 Å². The molecule has 92 valence electrons. The highest BCUT2D eigenvalue weighted by atomic mass is 32.2. The van der Waals surface area contributed by atoms with E-state index in [1.807, 2.05) is 0 Å². The van der Waals surface area contributed by atoms with Crippen LogP contribution in [0.15, 0.2) is 34.4 Å². The van der Waals surface area contributed by atoms with Gasteiger partial charge in [-0.3, -0.25) is 9.78 Å². The van der Waals surface area contributed by atoms with Crippen LogP contribution in [-0.2, 0) is 0 Å². The van der Waals surface area contributed by atoms with Crippen molar-refractivity contribution in [2.75, 3.05) is 11.5 Å². The molecule has 0 aliphatic rings. The number of hydrogen-bond acceptors (Lipinski definition) is 7. The van der Waals surface area contributed by atoms with Gasteiger partial charge in [-0.25, -0.2) is 9.97 Å². The first-order valence-corrected chi connectivity index (χ1v) is 5.91. The van der Waals surface area contributed by atoms with Crippen molar-refractivity contribution in [3.63, 3.8) is 0 Å². The molecule has 0 unspecified atom stereocenters. The lowest BCUT2D eigenvalue weighted by Gasteiger charge is -2.02. The highest BCUT2D eigenvalue weighted by Crippen LogP contribution is 2.25. The predicted molar refractivity (Wildman–Crippen MR) is 69.2 cm³/mol. The quantitative estimate of drug-likeness (QED) is 0.634. The fourth-order valence-electron chi connectivity index (χ4n) is 1.26. The van der Waals surface area contributed by atoms with Crippen molar-refractivity contribution in [1.29, 1.82) is 0 Å². The number of carbonyl (C=O) groups is 1. The van der Waals surface area contributed by atoms with Crippen LogP contribution in [0.1, 0.15) is 17.4 Å². The van der Waals surface area contributed by atoms with Crippen molar-refractivity contribution >= 4 is 29.2 Å². The summed E-state index contributed by atoms with van der Waals surface area (Å²) in [4.78, 5) is 24.0. The first-order valence-electron chi connectivity index (χ1n) is 5.09. The highest BCUT2D eigenvalue weighted by molar-refractivity contribution is 7.99. The Morgan fingerprint density at radius 1 is 1.22 bits per heavy atom. The SMILES string of the molecule is CC(=O)c1ccc(Sc2nc(N)cc(N)n2)cn1. The molecule has 6 nitrogen and oxygen atoms in total. The maximum Gasteiger partial charge on any atom is 0.196 e. The summed E-state index contributed by atoms with van der Waals surface area (Å²) in [6, 6.07) is 4.92. The first-order chi connectivity index (χ1) is 8.54. The van der Waals surface area contributed by atoms with Gasteiger partial charge in [0.05, 0.1) is 0 Å². The monoisotopic (exact) mass is 261 g/mol. The van der Waals surface area contributed by atoms with Gasteiger partial charge in [-0.05, 0) is 23.9 Å². The number of nitrogens with two attached hydrogens (primary N) is 2. The van der Waals surface area contributed by atoms with Crippen molar-refractivity contribution in [2.45, 2.75) is 17.0 Å². The summed E-state index contributed by atoms with van der Waals surface area (Å²) >= 11 is 1.28. The summed E-state index contributed by atoms with van der Waals surface area (Å²) in [5, 5.41) is 0.449. The van der Waals surface area contributed by atoms with Crippen molar-refractivity contribution in [3.8, 4) is 0 Å². The molecular weight excluding hydrogens is 250 g/mol.